The molecule has 0 radical (unpaired) electrons. The molecule has 0 bridgehead atoms. The number of rotatable bonds is 7. The predicted octanol–water partition coefficient (Wildman–Crippen LogP) is 4.35. The summed E-state index contributed by atoms with van der Waals surface area (Å²) in [7, 11) is -3.91. The normalized spacial score (nSPS) is 26.9. The predicted molar refractivity (Wildman–Crippen MR) is 201 cm³/mol. The van der Waals surface area contributed by atoms with Crippen LogP contribution in [0.25, 0.3) is 11.1 Å². The van der Waals surface area contributed by atoms with Crippen molar-refractivity contribution in [2.45, 2.75) is 86.8 Å². The number of oxime groups is 1. The van der Waals surface area contributed by atoms with Gasteiger partial charge in [0, 0.05) is 23.5 Å². The molecule has 14 heteroatoms. The van der Waals surface area contributed by atoms with Gasteiger partial charge in [0.2, 0.25) is 21.8 Å². The smallest absolute Gasteiger partial charge is 0.259 e. The number of carbonyl (C=O) groups is 4. The van der Waals surface area contributed by atoms with E-state index in [9.17, 15) is 32.0 Å². The molecule has 2 saturated carbocycles. The number of allylic oxidation sites excluding steroid dienone is 1. The Bertz CT molecular complexity index is 2180. The number of nitrogens with one attached hydrogen (secondary N) is 3. The summed E-state index contributed by atoms with van der Waals surface area (Å²) in [6.07, 6.45) is 7.05. The van der Waals surface area contributed by atoms with E-state index in [1.807, 2.05) is 60.7 Å². The molecule has 4 amide bonds. The van der Waals surface area contributed by atoms with Crippen molar-refractivity contribution in [3.8, 4) is 11.1 Å². The van der Waals surface area contributed by atoms with Gasteiger partial charge in [-0.1, -0.05) is 90.8 Å². The fraction of sp³-hybridized carbons (Fsp3) is 0.390. The third-order valence-corrected chi connectivity index (χ3v) is 13.0. The molecule has 3 aliphatic carbocycles. The second-order valence-corrected chi connectivity index (χ2v) is 17.0. The summed E-state index contributed by atoms with van der Waals surface area (Å²) < 4.78 is 42.6. The number of fused-ring (bicyclic) bond motifs is 5. The fourth-order valence-corrected chi connectivity index (χ4v) is 9.30. The van der Waals surface area contributed by atoms with Crippen LogP contribution in [0.2, 0.25) is 0 Å². The molecule has 5 atom stereocenters. The van der Waals surface area contributed by atoms with Crippen molar-refractivity contribution in [3.05, 3.63) is 107 Å². The summed E-state index contributed by atoms with van der Waals surface area (Å²) in [5, 5.41) is 9.53. The molecule has 1 saturated heterocycles. The maximum absolute atomic E-state index is 14.7. The Morgan fingerprint density at radius 2 is 1.56 bits per heavy atom. The highest BCUT2D eigenvalue weighted by Crippen LogP contribution is 2.46. The third kappa shape index (κ3) is 7.27. The molecule has 2 unspecified atom stereocenters. The first-order valence-electron chi connectivity index (χ1n) is 18.9. The molecule has 12 nitrogen and oxygen atoms in total. The van der Waals surface area contributed by atoms with E-state index in [-0.39, 0.29) is 31.4 Å². The Morgan fingerprint density at radius 3 is 2.25 bits per heavy atom. The van der Waals surface area contributed by atoms with Crippen molar-refractivity contribution >= 4 is 39.4 Å². The van der Waals surface area contributed by atoms with Crippen molar-refractivity contribution in [2.75, 3.05) is 6.54 Å². The van der Waals surface area contributed by atoms with Gasteiger partial charge in [0.05, 0.1) is 17.4 Å². The molecule has 0 aromatic heterocycles. The van der Waals surface area contributed by atoms with Gasteiger partial charge < -0.3 is 20.4 Å². The van der Waals surface area contributed by atoms with Crippen LogP contribution in [-0.4, -0.2) is 78.2 Å². The molecule has 3 fully saturated rings. The quantitative estimate of drug-likeness (QED) is 0.186. The lowest BCUT2D eigenvalue weighted by Crippen LogP contribution is -2.58. The van der Waals surface area contributed by atoms with Crippen LogP contribution >= 0.6 is 0 Å². The van der Waals surface area contributed by atoms with Crippen molar-refractivity contribution < 1.29 is 36.8 Å². The molecule has 8 rings (SSSR count). The third-order valence-electron chi connectivity index (χ3n) is 11.2. The Hall–Kier alpha value is -5.37. The summed E-state index contributed by atoms with van der Waals surface area (Å²) in [6, 6.07) is 18.9. The van der Waals surface area contributed by atoms with E-state index >= 15 is 0 Å². The lowest BCUT2D eigenvalue weighted by Gasteiger charge is -2.30. The molecule has 3 aromatic carbocycles. The van der Waals surface area contributed by atoms with Crippen LogP contribution in [0.3, 0.4) is 0 Å². The van der Waals surface area contributed by atoms with Gasteiger partial charge in [0.1, 0.15) is 35.3 Å². The minimum absolute atomic E-state index is 0.00417. The molecular formula is C41H42FN5O7S. The van der Waals surface area contributed by atoms with Crippen molar-refractivity contribution in [3.63, 3.8) is 0 Å². The summed E-state index contributed by atoms with van der Waals surface area (Å²) in [4.78, 5) is 63.5. The number of halogens is 1. The van der Waals surface area contributed by atoms with Crippen LogP contribution in [0.1, 0.15) is 79.3 Å². The van der Waals surface area contributed by atoms with Crippen LogP contribution < -0.4 is 15.4 Å². The summed E-state index contributed by atoms with van der Waals surface area (Å²) in [5.74, 6) is -3.97. The number of sulfonamides is 1. The number of amides is 4. The largest absolute Gasteiger partial charge is 0.390 e. The van der Waals surface area contributed by atoms with Gasteiger partial charge in [0.25, 0.3) is 11.8 Å². The first kappa shape index (κ1) is 36.6. The van der Waals surface area contributed by atoms with Gasteiger partial charge in [-0.05, 0) is 61.8 Å². The molecule has 3 N–H and O–H groups in total. The SMILES string of the molecule is O=C(N[C@H]1CCCCC/C=C\C2CC2(C(=O)NS(=O)(=O)C2CC2)NC(=O)[C@@H]2C[C@@H](ON=C3c4ccccc4-c4ccccc43)CN2C1=O)c1ccccc1F. The average Bonchev–Trinajstić information content (AvgIpc) is 4.08. The summed E-state index contributed by atoms with van der Waals surface area (Å²) >= 11 is 0. The first-order chi connectivity index (χ1) is 26.6. The Labute approximate surface area is 318 Å². The van der Waals surface area contributed by atoms with Crippen LogP contribution in [0.5, 0.6) is 0 Å². The second-order valence-electron chi connectivity index (χ2n) is 15.0. The second kappa shape index (κ2) is 14.7. The number of benzene rings is 3. The zero-order valence-electron chi connectivity index (χ0n) is 30.1. The Balaban J connectivity index is 1.10. The highest BCUT2D eigenvalue weighted by Gasteiger charge is 2.62. The molecule has 5 aliphatic rings. The van der Waals surface area contributed by atoms with Gasteiger partial charge in [-0.25, -0.2) is 12.8 Å². The molecule has 0 spiro atoms. The number of hydrogen-bond donors (Lipinski definition) is 3. The van der Waals surface area contributed by atoms with Crippen molar-refractivity contribution in [2.24, 2.45) is 11.1 Å². The molecule has 3 aromatic rings. The van der Waals surface area contributed by atoms with Crippen LogP contribution in [-0.2, 0) is 29.2 Å². The maximum atomic E-state index is 14.7. The minimum atomic E-state index is -3.91. The van der Waals surface area contributed by atoms with Crippen LogP contribution in [0.4, 0.5) is 4.39 Å². The van der Waals surface area contributed by atoms with Gasteiger partial charge >= 0.3 is 0 Å². The zero-order valence-corrected chi connectivity index (χ0v) is 30.9. The molecule has 55 heavy (non-hydrogen) atoms. The lowest BCUT2D eigenvalue weighted by molar-refractivity contribution is -0.141. The molecule has 2 aliphatic heterocycles. The van der Waals surface area contributed by atoms with E-state index in [4.69, 9.17) is 4.84 Å². The van der Waals surface area contributed by atoms with Gasteiger partial charge in [-0.15, -0.1) is 0 Å². The van der Waals surface area contributed by atoms with E-state index in [1.54, 1.807) is 0 Å². The van der Waals surface area contributed by atoms with E-state index in [0.717, 1.165) is 28.7 Å². The number of nitrogens with zero attached hydrogens (tertiary/aromatic N) is 2. The van der Waals surface area contributed by atoms with Gasteiger partial charge in [0.15, 0.2) is 0 Å². The highest BCUT2D eigenvalue weighted by atomic mass is 32.2. The van der Waals surface area contributed by atoms with Crippen molar-refractivity contribution in [1.82, 2.24) is 20.3 Å². The molecule has 286 valence electrons. The highest BCUT2D eigenvalue weighted by molar-refractivity contribution is 7.91. The fourth-order valence-electron chi connectivity index (χ4n) is 7.94. The average molecular weight is 768 g/mol. The molecule has 2 heterocycles. The topological polar surface area (TPSA) is 163 Å². The Kier molecular flexibility index (Phi) is 9.78. The van der Waals surface area contributed by atoms with Gasteiger partial charge in [-0.2, -0.15) is 0 Å². The van der Waals surface area contributed by atoms with E-state index in [0.29, 0.717) is 37.8 Å². The van der Waals surface area contributed by atoms with Crippen LogP contribution in [0.15, 0.2) is 90.1 Å². The van der Waals surface area contributed by atoms with E-state index in [2.05, 4.69) is 20.5 Å². The Morgan fingerprint density at radius 1 is 0.891 bits per heavy atom. The lowest BCUT2D eigenvalue weighted by atomic mass is 10.0. The van der Waals surface area contributed by atoms with Crippen molar-refractivity contribution in [1.29, 1.82) is 0 Å². The van der Waals surface area contributed by atoms with E-state index < -0.39 is 74.4 Å². The zero-order chi connectivity index (χ0) is 38.3. The number of hydrogen-bond acceptors (Lipinski definition) is 8. The number of carbonyl (C=O) groups excluding carboxylic acids is 4. The van der Waals surface area contributed by atoms with Crippen LogP contribution in [0, 0.1) is 11.7 Å². The van der Waals surface area contributed by atoms with Gasteiger partial charge in [-0.3, -0.25) is 23.9 Å². The first-order valence-corrected chi connectivity index (χ1v) is 20.4. The molecular weight excluding hydrogens is 726 g/mol. The monoisotopic (exact) mass is 767 g/mol. The van der Waals surface area contributed by atoms with E-state index in [1.165, 1.54) is 29.2 Å². The standard InChI is InChI=1S/C41H42FN5O7S/c42-33-18-11-10-17-32(33)37(48)43-34-19-5-3-1-2-4-12-25-23-41(25,40(51)46-55(52,53)27-20-21-27)44-38(49)35-22-26(24-47(35)39(34)50)54-45-36-30-15-8-6-13-28(30)29-14-7-9-16-31(29)36/h4,6-18,25-27,34-35H,1-3,5,19-24H2,(H,43,48)(H,44,49)(H,46,51)/b12-4-/t25?,26-,34+,35+,41?/m1/s1. The minimum Gasteiger partial charge on any atom is -0.390 e. The maximum Gasteiger partial charge on any atom is 0.259 e. The summed E-state index contributed by atoms with van der Waals surface area (Å²) in [6.45, 7) is -0.0678. The summed E-state index contributed by atoms with van der Waals surface area (Å²) in [5.41, 5.74) is 2.63.